The van der Waals surface area contributed by atoms with Crippen LogP contribution in [0.25, 0.3) is 0 Å². The van der Waals surface area contributed by atoms with E-state index in [1.54, 1.807) is 0 Å². The minimum absolute atomic E-state index is 0.190. The highest BCUT2D eigenvalue weighted by molar-refractivity contribution is 6.33. The van der Waals surface area contributed by atoms with E-state index < -0.39 is 0 Å². The zero-order chi connectivity index (χ0) is 19.2. The van der Waals surface area contributed by atoms with E-state index in [1.165, 1.54) is 38.4 Å². The third-order valence-corrected chi connectivity index (χ3v) is 6.18. The van der Waals surface area contributed by atoms with Gasteiger partial charge in [0.1, 0.15) is 0 Å². The summed E-state index contributed by atoms with van der Waals surface area (Å²) in [6, 6.07) is 0.195. The Kier molecular flexibility index (Phi) is 7.30. The van der Waals surface area contributed by atoms with Gasteiger partial charge < -0.3 is 15.1 Å². The third-order valence-electron chi connectivity index (χ3n) is 5.91. The van der Waals surface area contributed by atoms with E-state index in [0.29, 0.717) is 11.0 Å². The molecule has 0 radical (unpaired) electrons. The molecule has 1 saturated carbocycles. The van der Waals surface area contributed by atoms with Gasteiger partial charge in [0.05, 0.1) is 11.2 Å². The molecular formula is C20H32ClN5O. The quantitative estimate of drug-likeness (QED) is 0.769. The molecule has 150 valence electrons. The zero-order valence-electron chi connectivity index (χ0n) is 16.6. The van der Waals surface area contributed by atoms with Gasteiger partial charge in [0.2, 0.25) is 5.95 Å². The van der Waals surface area contributed by atoms with Gasteiger partial charge in [0.25, 0.3) is 5.91 Å². The Morgan fingerprint density at radius 2 is 1.89 bits per heavy atom. The molecule has 1 N–H and O–H groups in total. The first-order valence-corrected chi connectivity index (χ1v) is 10.8. The Morgan fingerprint density at radius 3 is 2.52 bits per heavy atom. The van der Waals surface area contributed by atoms with Crippen LogP contribution in [0.2, 0.25) is 5.02 Å². The number of nitrogens with one attached hydrogen (secondary N) is 1. The van der Waals surface area contributed by atoms with Crippen molar-refractivity contribution in [2.75, 3.05) is 37.6 Å². The second-order valence-corrected chi connectivity index (χ2v) is 8.14. The summed E-state index contributed by atoms with van der Waals surface area (Å²) in [4.78, 5) is 26.0. The van der Waals surface area contributed by atoms with E-state index in [-0.39, 0.29) is 17.6 Å². The SMILES string of the molecule is CCN(CC)c1ncc(Cl)c(C(=O)NC2CCN(CC3CCCC3)CC2)n1. The number of anilines is 1. The molecule has 2 aliphatic rings. The van der Waals surface area contributed by atoms with Crippen LogP contribution >= 0.6 is 11.6 Å². The number of likely N-dealkylation sites (tertiary alicyclic amines) is 1. The topological polar surface area (TPSA) is 61.4 Å². The standard InChI is InChI=1S/C20H32ClN5O/c1-3-26(4-2)20-22-13-17(21)18(24-20)19(27)23-16-9-11-25(12-10-16)14-15-7-5-6-8-15/h13,15-16H,3-12,14H2,1-2H3,(H,23,27). The molecule has 1 aromatic heterocycles. The van der Waals surface area contributed by atoms with E-state index >= 15 is 0 Å². The van der Waals surface area contributed by atoms with Gasteiger partial charge in [0, 0.05) is 38.8 Å². The van der Waals surface area contributed by atoms with Crippen molar-refractivity contribution in [2.24, 2.45) is 5.92 Å². The maximum Gasteiger partial charge on any atom is 0.271 e. The van der Waals surface area contributed by atoms with Crippen LogP contribution in [-0.4, -0.2) is 59.5 Å². The molecule has 1 saturated heterocycles. The molecule has 2 heterocycles. The average Bonchev–Trinajstić information content (AvgIpc) is 3.18. The minimum Gasteiger partial charge on any atom is -0.348 e. The summed E-state index contributed by atoms with van der Waals surface area (Å²) in [6.07, 6.45) is 9.07. The lowest BCUT2D eigenvalue weighted by Crippen LogP contribution is -2.46. The van der Waals surface area contributed by atoms with Crippen LogP contribution in [0.3, 0.4) is 0 Å². The van der Waals surface area contributed by atoms with Crippen molar-refractivity contribution in [2.45, 2.75) is 58.4 Å². The Hall–Kier alpha value is -1.40. The number of halogens is 1. The second kappa shape index (κ2) is 9.69. The van der Waals surface area contributed by atoms with Crippen molar-refractivity contribution in [3.05, 3.63) is 16.9 Å². The predicted octanol–water partition coefficient (Wildman–Crippen LogP) is 3.36. The summed E-state index contributed by atoms with van der Waals surface area (Å²) in [6.45, 7) is 9.01. The van der Waals surface area contributed by atoms with Crippen LogP contribution < -0.4 is 10.2 Å². The normalized spacial score (nSPS) is 19.4. The highest BCUT2D eigenvalue weighted by Crippen LogP contribution is 2.26. The first kappa shape index (κ1) is 20.3. The van der Waals surface area contributed by atoms with Gasteiger partial charge in [-0.3, -0.25) is 4.79 Å². The zero-order valence-corrected chi connectivity index (χ0v) is 17.3. The smallest absolute Gasteiger partial charge is 0.271 e. The number of carbonyl (C=O) groups is 1. The molecule has 1 aromatic rings. The van der Waals surface area contributed by atoms with Crippen molar-refractivity contribution in [3.8, 4) is 0 Å². The molecule has 2 fully saturated rings. The largest absolute Gasteiger partial charge is 0.348 e. The summed E-state index contributed by atoms with van der Waals surface area (Å²) >= 11 is 6.21. The van der Waals surface area contributed by atoms with E-state index in [1.807, 2.05) is 18.7 Å². The Balaban J connectivity index is 1.54. The number of aromatic nitrogens is 2. The van der Waals surface area contributed by atoms with E-state index in [9.17, 15) is 4.79 Å². The molecule has 6 nitrogen and oxygen atoms in total. The molecule has 7 heteroatoms. The molecule has 0 aromatic carbocycles. The highest BCUT2D eigenvalue weighted by atomic mass is 35.5. The highest BCUT2D eigenvalue weighted by Gasteiger charge is 2.25. The van der Waals surface area contributed by atoms with Gasteiger partial charge >= 0.3 is 0 Å². The lowest BCUT2D eigenvalue weighted by atomic mass is 10.0. The van der Waals surface area contributed by atoms with Crippen molar-refractivity contribution in [1.29, 1.82) is 0 Å². The Bertz CT molecular complexity index is 623. The predicted molar refractivity (Wildman–Crippen MR) is 109 cm³/mol. The van der Waals surface area contributed by atoms with Crippen LogP contribution in [0, 0.1) is 5.92 Å². The number of hydrogen-bond acceptors (Lipinski definition) is 5. The fourth-order valence-electron chi connectivity index (χ4n) is 4.25. The summed E-state index contributed by atoms with van der Waals surface area (Å²) < 4.78 is 0. The van der Waals surface area contributed by atoms with Crippen LogP contribution in [0.4, 0.5) is 5.95 Å². The summed E-state index contributed by atoms with van der Waals surface area (Å²) in [5.41, 5.74) is 0.280. The summed E-state index contributed by atoms with van der Waals surface area (Å²) in [5.74, 6) is 1.25. The molecule has 1 aliphatic carbocycles. The van der Waals surface area contributed by atoms with Gasteiger partial charge in [0.15, 0.2) is 5.69 Å². The van der Waals surface area contributed by atoms with Crippen LogP contribution in [0.1, 0.15) is 62.9 Å². The van der Waals surface area contributed by atoms with Gasteiger partial charge in [-0.15, -0.1) is 0 Å². The Labute approximate surface area is 167 Å². The number of hydrogen-bond donors (Lipinski definition) is 1. The van der Waals surface area contributed by atoms with Crippen molar-refractivity contribution in [3.63, 3.8) is 0 Å². The molecule has 0 atom stereocenters. The van der Waals surface area contributed by atoms with Crippen molar-refractivity contribution < 1.29 is 4.79 Å². The van der Waals surface area contributed by atoms with Crippen LogP contribution in [-0.2, 0) is 0 Å². The number of rotatable bonds is 7. The molecule has 1 amide bonds. The lowest BCUT2D eigenvalue weighted by molar-refractivity contribution is 0.0901. The fraction of sp³-hybridized carbons (Fsp3) is 0.750. The average molecular weight is 394 g/mol. The van der Waals surface area contributed by atoms with Gasteiger partial charge in [-0.05, 0) is 45.4 Å². The summed E-state index contributed by atoms with van der Waals surface area (Å²) in [7, 11) is 0. The number of carbonyl (C=O) groups excluding carboxylic acids is 1. The second-order valence-electron chi connectivity index (χ2n) is 7.74. The van der Waals surface area contributed by atoms with Crippen LogP contribution in [0.15, 0.2) is 6.20 Å². The minimum atomic E-state index is -0.190. The van der Waals surface area contributed by atoms with Gasteiger partial charge in [-0.25, -0.2) is 9.97 Å². The monoisotopic (exact) mass is 393 g/mol. The van der Waals surface area contributed by atoms with Crippen molar-refractivity contribution in [1.82, 2.24) is 20.2 Å². The van der Waals surface area contributed by atoms with E-state index in [0.717, 1.165) is 44.9 Å². The molecule has 0 bridgehead atoms. The molecule has 1 aliphatic heterocycles. The molecule has 3 rings (SSSR count). The first-order chi connectivity index (χ1) is 13.1. The maximum atomic E-state index is 12.7. The van der Waals surface area contributed by atoms with Crippen LogP contribution in [0.5, 0.6) is 0 Å². The summed E-state index contributed by atoms with van der Waals surface area (Å²) in [5, 5.41) is 3.44. The number of piperidine rings is 1. The first-order valence-electron chi connectivity index (χ1n) is 10.4. The third kappa shape index (κ3) is 5.32. The van der Waals surface area contributed by atoms with Gasteiger partial charge in [-0.2, -0.15) is 0 Å². The number of amides is 1. The van der Waals surface area contributed by atoms with E-state index in [4.69, 9.17) is 11.6 Å². The van der Waals surface area contributed by atoms with E-state index in [2.05, 4.69) is 20.2 Å². The lowest BCUT2D eigenvalue weighted by Gasteiger charge is -2.33. The van der Waals surface area contributed by atoms with Gasteiger partial charge in [-0.1, -0.05) is 24.4 Å². The molecular weight excluding hydrogens is 362 g/mol. The Morgan fingerprint density at radius 1 is 1.22 bits per heavy atom. The molecule has 27 heavy (non-hydrogen) atoms. The fourth-order valence-corrected chi connectivity index (χ4v) is 4.42. The van der Waals surface area contributed by atoms with Crippen molar-refractivity contribution >= 4 is 23.5 Å². The molecule has 0 spiro atoms. The maximum absolute atomic E-state index is 12.7. The molecule has 0 unspecified atom stereocenters. The number of nitrogens with zero attached hydrogens (tertiary/aromatic N) is 4.